The topological polar surface area (TPSA) is 61.9 Å². The van der Waals surface area contributed by atoms with Crippen LogP contribution >= 0.6 is 0 Å². The van der Waals surface area contributed by atoms with Gasteiger partial charge in [-0.15, -0.1) is 0 Å². The number of hydrogen-bond acceptors (Lipinski definition) is 4. The zero-order valence-corrected chi connectivity index (χ0v) is 13.9. The Morgan fingerprint density at radius 1 is 1.13 bits per heavy atom. The first-order valence-corrected chi connectivity index (χ1v) is 8.15. The van der Waals surface area contributed by atoms with E-state index in [1.807, 2.05) is 19.1 Å². The lowest BCUT2D eigenvalue weighted by atomic mass is 10.2. The molecule has 0 aliphatic carbocycles. The summed E-state index contributed by atoms with van der Waals surface area (Å²) in [5, 5.41) is 2.76. The van der Waals surface area contributed by atoms with Crippen LogP contribution < -0.4 is 10.1 Å². The van der Waals surface area contributed by atoms with Crippen molar-refractivity contribution in [2.45, 2.75) is 20.3 Å². The summed E-state index contributed by atoms with van der Waals surface area (Å²) in [6.07, 6.45) is -0.132. The number of likely N-dealkylation sites (N-methyl/N-ethyl adjacent to an activating group) is 1. The highest BCUT2D eigenvalue weighted by molar-refractivity contribution is 6.04. The number of hydrogen-bond donors (Lipinski definition) is 1. The Kier molecular flexibility index (Phi) is 6.40. The first kappa shape index (κ1) is 17.3. The molecular weight excluding hydrogens is 294 g/mol. The average molecular weight is 319 g/mol. The Morgan fingerprint density at radius 2 is 1.83 bits per heavy atom. The molecule has 1 aliphatic rings. The lowest BCUT2D eigenvalue weighted by molar-refractivity contribution is -0.136. The molecule has 1 N–H and O–H groups in total. The number of carbonyl (C=O) groups is 2. The van der Waals surface area contributed by atoms with E-state index in [2.05, 4.69) is 17.1 Å². The fourth-order valence-corrected chi connectivity index (χ4v) is 2.61. The number of carbonyl (C=O) groups excluding carboxylic acids is 2. The fourth-order valence-electron chi connectivity index (χ4n) is 2.61. The summed E-state index contributed by atoms with van der Waals surface area (Å²) in [7, 11) is 0. The van der Waals surface area contributed by atoms with E-state index in [1.54, 1.807) is 17.0 Å². The molecular formula is C17H25N3O3. The fraction of sp³-hybridized carbons (Fsp3) is 0.529. The van der Waals surface area contributed by atoms with Crippen molar-refractivity contribution in [3.8, 4) is 5.75 Å². The molecule has 1 saturated heterocycles. The van der Waals surface area contributed by atoms with E-state index in [-0.39, 0.29) is 18.2 Å². The standard InChI is InChI=1S/C17H25N3O3/c1-3-19-9-11-20(12-10-19)17(22)13-16(21)18-14-7-5-6-8-15(14)23-4-2/h5-8H,3-4,9-13H2,1-2H3,(H,18,21). The second kappa shape index (κ2) is 8.53. The molecule has 0 unspecified atom stereocenters. The van der Waals surface area contributed by atoms with E-state index in [0.717, 1.165) is 19.6 Å². The summed E-state index contributed by atoms with van der Waals surface area (Å²) in [6, 6.07) is 7.24. The Hall–Kier alpha value is -2.08. The molecule has 6 heteroatoms. The van der Waals surface area contributed by atoms with Gasteiger partial charge in [0.1, 0.15) is 12.2 Å². The van der Waals surface area contributed by atoms with Gasteiger partial charge in [0.25, 0.3) is 0 Å². The quantitative estimate of drug-likeness (QED) is 0.809. The molecule has 1 heterocycles. The predicted molar refractivity (Wildman–Crippen MR) is 89.6 cm³/mol. The highest BCUT2D eigenvalue weighted by Gasteiger charge is 2.22. The normalized spacial score (nSPS) is 15.3. The predicted octanol–water partition coefficient (Wildman–Crippen LogP) is 1.58. The van der Waals surface area contributed by atoms with E-state index in [1.165, 1.54) is 0 Å². The zero-order valence-electron chi connectivity index (χ0n) is 13.9. The van der Waals surface area contributed by atoms with Crippen LogP contribution in [0.5, 0.6) is 5.75 Å². The molecule has 2 rings (SSSR count). The summed E-state index contributed by atoms with van der Waals surface area (Å²) < 4.78 is 5.47. The van der Waals surface area contributed by atoms with Crippen LogP contribution in [0.15, 0.2) is 24.3 Å². The maximum atomic E-state index is 12.2. The van der Waals surface area contributed by atoms with Gasteiger partial charge in [-0.05, 0) is 25.6 Å². The number of amides is 2. The van der Waals surface area contributed by atoms with Gasteiger partial charge in [0, 0.05) is 26.2 Å². The van der Waals surface area contributed by atoms with Gasteiger partial charge in [0.05, 0.1) is 12.3 Å². The number of anilines is 1. The number of para-hydroxylation sites is 2. The molecule has 2 amide bonds. The Balaban J connectivity index is 1.86. The molecule has 126 valence electrons. The third kappa shape index (κ3) is 4.96. The zero-order chi connectivity index (χ0) is 16.7. The largest absolute Gasteiger partial charge is 0.492 e. The second-order valence-electron chi connectivity index (χ2n) is 5.47. The van der Waals surface area contributed by atoms with E-state index < -0.39 is 0 Å². The average Bonchev–Trinajstić information content (AvgIpc) is 2.57. The molecule has 1 fully saturated rings. The molecule has 0 aromatic heterocycles. The molecule has 1 aliphatic heterocycles. The first-order chi connectivity index (χ1) is 11.1. The monoisotopic (exact) mass is 319 g/mol. The summed E-state index contributed by atoms with van der Waals surface area (Å²) in [5.74, 6) is 0.194. The van der Waals surface area contributed by atoms with Crippen molar-refractivity contribution in [2.75, 3.05) is 44.6 Å². The Morgan fingerprint density at radius 3 is 2.48 bits per heavy atom. The smallest absolute Gasteiger partial charge is 0.233 e. The lowest BCUT2D eigenvalue weighted by Crippen LogP contribution is -2.49. The number of nitrogens with one attached hydrogen (secondary N) is 1. The molecule has 0 radical (unpaired) electrons. The van der Waals surface area contributed by atoms with E-state index >= 15 is 0 Å². The van der Waals surface area contributed by atoms with Crippen LogP contribution in [0.2, 0.25) is 0 Å². The number of ether oxygens (including phenoxy) is 1. The van der Waals surface area contributed by atoms with Crippen molar-refractivity contribution in [3.63, 3.8) is 0 Å². The Labute approximate surface area is 137 Å². The van der Waals surface area contributed by atoms with Gasteiger partial charge in [-0.2, -0.15) is 0 Å². The van der Waals surface area contributed by atoms with Crippen molar-refractivity contribution in [1.82, 2.24) is 9.80 Å². The molecule has 1 aromatic carbocycles. The van der Waals surface area contributed by atoms with Crippen molar-refractivity contribution >= 4 is 17.5 Å². The minimum atomic E-state index is -0.305. The van der Waals surface area contributed by atoms with Crippen LogP contribution in [0.25, 0.3) is 0 Å². The van der Waals surface area contributed by atoms with Crippen molar-refractivity contribution < 1.29 is 14.3 Å². The third-order valence-corrected chi connectivity index (χ3v) is 3.94. The van der Waals surface area contributed by atoms with Crippen LogP contribution in [-0.2, 0) is 9.59 Å². The number of rotatable bonds is 6. The minimum absolute atomic E-state index is 0.118. The molecule has 23 heavy (non-hydrogen) atoms. The molecule has 6 nitrogen and oxygen atoms in total. The molecule has 0 atom stereocenters. The highest BCUT2D eigenvalue weighted by atomic mass is 16.5. The van der Waals surface area contributed by atoms with Gasteiger partial charge in [-0.25, -0.2) is 0 Å². The van der Waals surface area contributed by atoms with Gasteiger partial charge < -0.3 is 19.9 Å². The van der Waals surface area contributed by atoms with Gasteiger partial charge in [0.15, 0.2) is 0 Å². The van der Waals surface area contributed by atoms with Gasteiger partial charge in [0.2, 0.25) is 11.8 Å². The Bertz CT molecular complexity index is 540. The van der Waals surface area contributed by atoms with Crippen LogP contribution in [0.3, 0.4) is 0 Å². The maximum Gasteiger partial charge on any atom is 0.233 e. The first-order valence-electron chi connectivity index (χ1n) is 8.15. The maximum absolute atomic E-state index is 12.2. The van der Waals surface area contributed by atoms with Crippen molar-refractivity contribution in [2.24, 2.45) is 0 Å². The highest BCUT2D eigenvalue weighted by Crippen LogP contribution is 2.23. The van der Waals surface area contributed by atoms with Gasteiger partial charge >= 0.3 is 0 Å². The second-order valence-corrected chi connectivity index (χ2v) is 5.47. The SMILES string of the molecule is CCOc1ccccc1NC(=O)CC(=O)N1CCN(CC)CC1. The molecule has 0 bridgehead atoms. The summed E-state index contributed by atoms with van der Waals surface area (Å²) >= 11 is 0. The summed E-state index contributed by atoms with van der Waals surface area (Å²) in [6.45, 7) is 8.64. The van der Waals surface area contributed by atoms with E-state index in [9.17, 15) is 9.59 Å². The minimum Gasteiger partial charge on any atom is -0.492 e. The van der Waals surface area contributed by atoms with Gasteiger partial charge in [-0.3, -0.25) is 9.59 Å². The molecule has 1 aromatic rings. The molecule has 0 saturated carbocycles. The number of piperazine rings is 1. The van der Waals surface area contributed by atoms with Crippen LogP contribution in [0, 0.1) is 0 Å². The number of benzene rings is 1. The van der Waals surface area contributed by atoms with Crippen LogP contribution in [0.4, 0.5) is 5.69 Å². The summed E-state index contributed by atoms with van der Waals surface area (Å²) in [4.78, 5) is 28.4. The number of nitrogens with zero attached hydrogens (tertiary/aromatic N) is 2. The van der Waals surface area contributed by atoms with Crippen molar-refractivity contribution in [3.05, 3.63) is 24.3 Å². The van der Waals surface area contributed by atoms with E-state index in [0.29, 0.717) is 31.1 Å². The van der Waals surface area contributed by atoms with E-state index in [4.69, 9.17) is 4.74 Å². The van der Waals surface area contributed by atoms with Crippen LogP contribution in [0.1, 0.15) is 20.3 Å². The summed E-state index contributed by atoms with van der Waals surface area (Å²) in [5.41, 5.74) is 0.600. The lowest BCUT2D eigenvalue weighted by Gasteiger charge is -2.34. The van der Waals surface area contributed by atoms with Gasteiger partial charge in [-0.1, -0.05) is 19.1 Å². The molecule has 0 spiro atoms. The third-order valence-electron chi connectivity index (χ3n) is 3.94. The van der Waals surface area contributed by atoms with Crippen LogP contribution in [-0.4, -0.2) is 60.9 Å². The van der Waals surface area contributed by atoms with Crippen molar-refractivity contribution in [1.29, 1.82) is 0 Å².